The average molecular weight is 399 g/mol. The molecule has 3 aromatic carbocycles. The second-order valence-electron chi connectivity index (χ2n) is 8.69. The number of rotatable bonds is 0. The first-order valence-electron chi connectivity index (χ1n) is 9.11. The number of hydrogen-bond donors (Lipinski definition) is 0. The predicted molar refractivity (Wildman–Crippen MR) is 115 cm³/mol. The summed E-state index contributed by atoms with van der Waals surface area (Å²) in [7, 11) is 6.10. The van der Waals surface area contributed by atoms with Crippen molar-refractivity contribution in [3.05, 3.63) is 75.3 Å². The fourth-order valence-corrected chi connectivity index (χ4v) is 5.31. The molecule has 0 amide bonds. The average Bonchev–Trinajstić information content (AvgIpc) is 2.93. The SMILES string of the molecule is [B]c1ccc2c(c1)C(C)(C)c1cc3c(cc1-2)C(C)(C)c1cc(Br)ccc1-3. The number of benzene rings is 3. The van der Waals surface area contributed by atoms with Gasteiger partial charge < -0.3 is 0 Å². The normalized spacial score (nSPS) is 17.4. The molecule has 0 saturated heterocycles. The van der Waals surface area contributed by atoms with E-state index in [-0.39, 0.29) is 10.8 Å². The highest BCUT2D eigenvalue weighted by molar-refractivity contribution is 9.10. The number of hydrogen-bond acceptors (Lipinski definition) is 0. The number of fused-ring (bicyclic) bond motifs is 6. The largest absolute Gasteiger partial charge is 0.113 e. The molecule has 5 rings (SSSR count). The molecule has 2 heteroatoms. The lowest BCUT2D eigenvalue weighted by molar-refractivity contribution is 0.652. The van der Waals surface area contributed by atoms with Crippen LogP contribution >= 0.6 is 15.9 Å². The lowest BCUT2D eigenvalue weighted by Crippen LogP contribution is -2.18. The molecule has 2 aliphatic rings. The van der Waals surface area contributed by atoms with E-state index in [2.05, 4.69) is 86.1 Å². The lowest BCUT2D eigenvalue weighted by Gasteiger charge is -2.24. The molecule has 0 aliphatic heterocycles. The molecular formula is C24H20BBr. The van der Waals surface area contributed by atoms with Crippen molar-refractivity contribution in [1.82, 2.24) is 0 Å². The van der Waals surface area contributed by atoms with Crippen molar-refractivity contribution in [2.45, 2.75) is 38.5 Å². The van der Waals surface area contributed by atoms with E-state index in [4.69, 9.17) is 7.85 Å². The first-order valence-corrected chi connectivity index (χ1v) is 9.90. The van der Waals surface area contributed by atoms with E-state index in [1.807, 2.05) is 6.07 Å². The minimum Gasteiger partial charge on any atom is -0.0963 e. The van der Waals surface area contributed by atoms with Gasteiger partial charge in [0.2, 0.25) is 0 Å². The summed E-state index contributed by atoms with van der Waals surface area (Å²) in [5.74, 6) is 0. The van der Waals surface area contributed by atoms with Gasteiger partial charge in [-0.15, -0.1) is 0 Å². The monoisotopic (exact) mass is 398 g/mol. The predicted octanol–water partition coefficient (Wildman–Crippen LogP) is 5.86. The van der Waals surface area contributed by atoms with Crippen molar-refractivity contribution in [2.75, 3.05) is 0 Å². The minimum absolute atomic E-state index is 0.00415. The zero-order chi connectivity index (χ0) is 18.4. The first kappa shape index (κ1) is 16.4. The molecule has 3 aromatic rings. The Balaban J connectivity index is 1.84. The van der Waals surface area contributed by atoms with Crippen LogP contribution in [0.3, 0.4) is 0 Å². The van der Waals surface area contributed by atoms with Crippen LogP contribution in [0.5, 0.6) is 0 Å². The van der Waals surface area contributed by atoms with Crippen molar-refractivity contribution in [2.24, 2.45) is 0 Å². The van der Waals surface area contributed by atoms with Crippen molar-refractivity contribution in [3.8, 4) is 22.3 Å². The van der Waals surface area contributed by atoms with Crippen LogP contribution in [0.25, 0.3) is 22.3 Å². The van der Waals surface area contributed by atoms with E-state index in [0.29, 0.717) is 0 Å². The molecule has 0 N–H and O–H groups in total. The maximum Gasteiger partial charge on any atom is 0.113 e. The summed E-state index contributed by atoms with van der Waals surface area (Å²) in [5, 5.41) is 0. The molecule has 0 aromatic heterocycles. The van der Waals surface area contributed by atoms with Gasteiger partial charge in [0.25, 0.3) is 0 Å². The van der Waals surface area contributed by atoms with Gasteiger partial charge in [-0.2, -0.15) is 0 Å². The lowest BCUT2D eigenvalue weighted by atomic mass is 9.78. The van der Waals surface area contributed by atoms with Gasteiger partial charge in [0.05, 0.1) is 0 Å². The zero-order valence-corrected chi connectivity index (χ0v) is 17.2. The van der Waals surface area contributed by atoms with Gasteiger partial charge >= 0.3 is 0 Å². The fourth-order valence-electron chi connectivity index (χ4n) is 4.95. The quantitative estimate of drug-likeness (QED) is 0.416. The van der Waals surface area contributed by atoms with Gasteiger partial charge in [-0.25, -0.2) is 0 Å². The smallest absolute Gasteiger partial charge is 0.0963 e. The minimum atomic E-state index is -0.0304. The van der Waals surface area contributed by atoms with E-state index in [1.165, 1.54) is 44.5 Å². The third-order valence-corrected chi connectivity index (χ3v) is 6.95. The summed E-state index contributed by atoms with van der Waals surface area (Å²) >= 11 is 3.65. The Bertz CT molecular complexity index is 1020. The summed E-state index contributed by atoms with van der Waals surface area (Å²) < 4.78 is 1.14. The van der Waals surface area contributed by atoms with Gasteiger partial charge in [0.15, 0.2) is 0 Å². The Morgan fingerprint density at radius 2 is 1.08 bits per heavy atom. The second-order valence-corrected chi connectivity index (χ2v) is 9.60. The van der Waals surface area contributed by atoms with Crippen LogP contribution < -0.4 is 5.46 Å². The summed E-state index contributed by atoms with van der Waals surface area (Å²) in [4.78, 5) is 0. The van der Waals surface area contributed by atoms with Crippen molar-refractivity contribution < 1.29 is 0 Å². The van der Waals surface area contributed by atoms with E-state index in [9.17, 15) is 0 Å². The maximum atomic E-state index is 6.10. The first-order chi connectivity index (χ1) is 12.2. The highest BCUT2D eigenvalue weighted by atomic mass is 79.9. The molecule has 126 valence electrons. The topological polar surface area (TPSA) is 0 Å². The van der Waals surface area contributed by atoms with Crippen LogP contribution in [0.2, 0.25) is 0 Å². The molecular weight excluding hydrogens is 379 g/mol. The number of halogens is 1. The van der Waals surface area contributed by atoms with Crippen LogP contribution in [0.1, 0.15) is 49.9 Å². The van der Waals surface area contributed by atoms with Gasteiger partial charge in [0.1, 0.15) is 7.85 Å². The Labute approximate surface area is 165 Å². The van der Waals surface area contributed by atoms with E-state index in [1.54, 1.807) is 0 Å². The molecule has 0 bridgehead atoms. The van der Waals surface area contributed by atoms with Crippen molar-refractivity contribution in [3.63, 3.8) is 0 Å². The Hall–Kier alpha value is -1.80. The van der Waals surface area contributed by atoms with E-state index >= 15 is 0 Å². The molecule has 0 spiro atoms. The highest BCUT2D eigenvalue weighted by Gasteiger charge is 2.41. The zero-order valence-electron chi connectivity index (χ0n) is 15.6. The van der Waals surface area contributed by atoms with Crippen molar-refractivity contribution >= 4 is 29.2 Å². The van der Waals surface area contributed by atoms with Crippen LogP contribution in [0, 0.1) is 0 Å². The summed E-state index contributed by atoms with van der Waals surface area (Å²) in [6.07, 6.45) is 0. The Morgan fingerprint density at radius 1 is 0.615 bits per heavy atom. The van der Waals surface area contributed by atoms with Crippen LogP contribution in [0.4, 0.5) is 0 Å². The molecule has 26 heavy (non-hydrogen) atoms. The molecule has 0 saturated carbocycles. The van der Waals surface area contributed by atoms with E-state index in [0.717, 1.165) is 9.94 Å². The third kappa shape index (κ3) is 1.92. The van der Waals surface area contributed by atoms with Crippen molar-refractivity contribution in [1.29, 1.82) is 0 Å². The fraction of sp³-hybridized carbons (Fsp3) is 0.250. The van der Waals surface area contributed by atoms with Gasteiger partial charge in [-0.3, -0.25) is 0 Å². The molecule has 0 fully saturated rings. The van der Waals surface area contributed by atoms with E-state index < -0.39 is 0 Å². The Morgan fingerprint density at radius 3 is 1.65 bits per heavy atom. The van der Waals surface area contributed by atoms with Gasteiger partial charge in [0, 0.05) is 15.3 Å². The molecule has 0 atom stereocenters. The molecule has 0 unspecified atom stereocenters. The molecule has 2 aliphatic carbocycles. The van der Waals surface area contributed by atoms with Crippen LogP contribution in [-0.2, 0) is 10.8 Å². The molecule has 0 nitrogen and oxygen atoms in total. The summed E-state index contributed by atoms with van der Waals surface area (Å²) in [6.45, 7) is 9.29. The van der Waals surface area contributed by atoms with Crippen LogP contribution in [0.15, 0.2) is 53.0 Å². The second kappa shape index (κ2) is 4.92. The summed E-state index contributed by atoms with van der Waals surface area (Å²) in [5.41, 5.74) is 11.8. The van der Waals surface area contributed by atoms with Crippen LogP contribution in [-0.4, -0.2) is 7.85 Å². The molecule has 2 radical (unpaired) electrons. The highest BCUT2D eigenvalue weighted by Crippen LogP contribution is 2.55. The standard InChI is InChI=1S/C24H20BBr/c1-23(2)19-9-13(25)5-7-15(19)17-11-22-18(12-21(17)23)16-8-6-14(26)10-20(16)24(22,3)4/h5-12H,1-4H3. The molecule has 0 heterocycles. The maximum absolute atomic E-state index is 6.10. The Kier molecular flexibility index (Phi) is 3.10. The summed E-state index contributed by atoms with van der Waals surface area (Å²) in [6, 6.07) is 17.9. The third-order valence-electron chi connectivity index (χ3n) is 6.46. The van der Waals surface area contributed by atoms with Gasteiger partial charge in [-0.05, 0) is 68.8 Å². The van der Waals surface area contributed by atoms with Gasteiger partial charge in [-0.1, -0.05) is 73.4 Å².